The minimum Gasteiger partial charge on any atom is -0.385 e. The summed E-state index contributed by atoms with van der Waals surface area (Å²) >= 11 is 0. The fraction of sp³-hybridized carbons (Fsp3) is 0.571. The first kappa shape index (κ1) is 12.5. The van der Waals surface area contributed by atoms with E-state index >= 15 is 0 Å². The van der Waals surface area contributed by atoms with Gasteiger partial charge in [0.05, 0.1) is 5.60 Å². The van der Waals surface area contributed by atoms with E-state index in [4.69, 9.17) is 0 Å². The highest BCUT2D eigenvalue weighted by Crippen LogP contribution is 2.43. The molecule has 1 aliphatic carbocycles. The van der Waals surface area contributed by atoms with Crippen molar-refractivity contribution in [2.75, 3.05) is 0 Å². The predicted molar refractivity (Wildman–Crippen MR) is 62.4 cm³/mol. The van der Waals surface area contributed by atoms with Gasteiger partial charge in [0, 0.05) is 0 Å². The maximum atomic E-state index is 13.2. The lowest BCUT2D eigenvalue weighted by Gasteiger charge is -2.41. The highest BCUT2D eigenvalue weighted by atomic mass is 19.2. The fourth-order valence-corrected chi connectivity index (χ4v) is 2.78. The van der Waals surface area contributed by atoms with Crippen molar-refractivity contribution in [2.24, 2.45) is 11.8 Å². The largest absolute Gasteiger partial charge is 0.385 e. The third-order valence-corrected chi connectivity index (χ3v) is 3.99. The van der Waals surface area contributed by atoms with Gasteiger partial charge in [-0.2, -0.15) is 0 Å². The first-order chi connectivity index (χ1) is 7.93. The zero-order valence-corrected chi connectivity index (χ0v) is 10.2. The van der Waals surface area contributed by atoms with Gasteiger partial charge in [0.2, 0.25) is 0 Å². The van der Waals surface area contributed by atoms with Gasteiger partial charge in [-0.3, -0.25) is 0 Å². The van der Waals surface area contributed by atoms with Crippen LogP contribution in [0.3, 0.4) is 0 Å². The van der Waals surface area contributed by atoms with Gasteiger partial charge in [0.1, 0.15) is 0 Å². The molecule has 1 saturated carbocycles. The number of rotatable bonds is 1. The number of hydrogen-bond donors (Lipinski definition) is 1. The van der Waals surface area contributed by atoms with Gasteiger partial charge in [-0.15, -0.1) is 0 Å². The van der Waals surface area contributed by atoms with Gasteiger partial charge in [-0.05, 0) is 42.4 Å². The summed E-state index contributed by atoms with van der Waals surface area (Å²) in [6.07, 6.45) is 2.60. The van der Waals surface area contributed by atoms with E-state index in [1.807, 2.05) is 6.92 Å². The fourth-order valence-electron chi connectivity index (χ4n) is 2.78. The Morgan fingerprint density at radius 2 is 1.88 bits per heavy atom. The summed E-state index contributed by atoms with van der Waals surface area (Å²) in [4.78, 5) is 0. The lowest BCUT2D eigenvalue weighted by Crippen LogP contribution is -2.39. The molecule has 0 spiro atoms. The second-order valence-corrected chi connectivity index (χ2v) is 5.34. The predicted octanol–water partition coefficient (Wildman–Crippen LogP) is 3.61. The Kier molecular flexibility index (Phi) is 3.21. The van der Waals surface area contributed by atoms with Crippen molar-refractivity contribution >= 4 is 0 Å². The number of halogens is 2. The zero-order valence-electron chi connectivity index (χ0n) is 10.2. The maximum Gasteiger partial charge on any atom is 0.159 e. The quantitative estimate of drug-likeness (QED) is 0.795. The SMILES string of the molecule is CC1CCC(C)C(O)(c2ccc(F)c(F)c2)C1. The first-order valence-corrected chi connectivity index (χ1v) is 6.11. The molecular weight excluding hydrogens is 222 g/mol. The van der Waals surface area contributed by atoms with Gasteiger partial charge in [0.25, 0.3) is 0 Å². The molecule has 17 heavy (non-hydrogen) atoms. The molecule has 1 nitrogen and oxygen atoms in total. The Labute approximate surface area is 100 Å². The minimum atomic E-state index is -1.02. The van der Waals surface area contributed by atoms with Gasteiger partial charge < -0.3 is 5.11 Å². The molecule has 1 fully saturated rings. The second kappa shape index (κ2) is 4.37. The van der Waals surface area contributed by atoms with Crippen molar-refractivity contribution in [1.29, 1.82) is 0 Å². The Morgan fingerprint density at radius 3 is 2.53 bits per heavy atom. The molecule has 94 valence electrons. The van der Waals surface area contributed by atoms with Crippen molar-refractivity contribution in [3.63, 3.8) is 0 Å². The molecular formula is C14H18F2O. The van der Waals surface area contributed by atoms with Crippen LogP contribution in [0.2, 0.25) is 0 Å². The molecule has 1 N–H and O–H groups in total. The average Bonchev–Trinajstić information content (AvgIpc) is 2.28. The molecule has 0 saturated heterocycles. The summed E-state index contributed by atoms with van der Waals surface area (Å²) in [7, 11) is 0. The lowest BCUT2D eigenvalue weighted by atomic mass is 9.69. The van der Waals surface area contributed by atoms with E-state index in [9.17, 15) is 13.9 Å². The highest BCUT2D eigenvalue weighted by Gasteiger charge is 2.40. The van der Waals surface area contributed by atoms with Crippen LogP contribution in [0.4, 0.5) is 8.78 Å². The summed E-state index contributed by atoms with van der Waals surface area (Å²) in [5.41, 5.74) is -0.526. The smallest absolute Gasteiger partial charge is 0.159 e. The van der Waals surface area contributed by atoms with E-state index in [1.54, 1.807) is 0 Å². The van der Waals surface area contributed by atoms with Gasteiger partial charge >= 0.3 is 0 Å². The van der Waals surface area contributed by atoms with E-state index in [-0.39, 0.29) is 5.92 Å². The molecule has 0 aliphatic heterocycles. The van der Waals surface area contributed by atoms with Gasteiger partial charge in [0.15, 0.2) is 11.6 Å². The third-order valence-electron chi connectivity index (χ3n) is 3.99. The lowest BCUT2D eigenvalue weighted by molar-refractivity contribution is -0.0629. The van der Waals surface area contributed by atoms with Crippen molar-refractivity contribution in [1.82, 2.24) is 0 Å². The van der Waals surface area contributed by atoms with Crippen LogP contribution in [0.5, 0.6) is 0 Å². The highest BCUT2D eigenvalue weighted by molar-refractivity contribution is 5.25. The first-order valence-electron chi connectivity index (χ1n) is 6.11. The molecule has 3 unspecified atom stereocenters. The van der Waals surface area contributed by atoms with Crippen molar-refractivity contribution in [2.45, 2.75) is 38.7 Å². The molecule has 1 aromatic rings. The van der Waals surface area contributed by atoms with Crippen LogP contribution in [0.25, 0.3) is 0 Å². The molecule has 0 radical (unpaired) electrons. The Bertz CT molecular complexity index is 419. The molecule has 0 aromatic heterocycles. The van der Waals surface area contributed by atoms with Crippen molar-refractivity contribution in [3.8, 4) is 0 Å². The van der Waals surface area contributed by atoms with Crippen LogP contribution in [-0.2, 0) is 5.60 Å². The summed E-state index contributed by atoms with van der Waals surface area (Å²) in [5.74, 6) is -1.27. The molecule has 1 aromatic carbocycles. The standard InChI is InChI=1S/C14H18F2O/c1-9-3-4-10(2)14(17,8-9)11-5-6-12(15)13(16)7-11/h5-7,9-10,17H,3-4,8H2,1-2H3. The average molecular weight is 240 g/mol. The Morgan fingerprint density at radius 1 is 1.18 bits per heavy atom. The van der Waals surface area contributed by atoms with Crippen molar-refractivity contribution in [3.05, 3.63) is 35.4 Å². The molecule has 0 heterocycles. The van der Waals surface area contributed by atoms with E-state index in [1.165, 1.54) is 6.07 Å². The number of aliphatic hydroxyl groups is 1. The topological polar surface area (TPSA) is 20.2 Å². The van der Waals surface area contributed by atoms with E-state index in [0.29, 0.717) is 17.9 Å². The van der Waals surface area contributed by atoms with Crippen LogP contribution < -0.4 is 0 Å². The zero-order chi connectivity index (χ0) is 12.6. The number of hydrogen-bond acceptors (Lipinski definition) is 1. The molecule has 1 aliphatic rings. The summed E-state index contributed by atoms with van der Waals surface area (Å²) in [6.45, 7) is 4.05. The third kappa shape index (κ3) is 2.21. The Balaban J connectivity index is 2.38. The van der Waals surface area contributed by atoms with Gasteiger partial charge in [-0.25, -0.2) is 8.78 Å². The summed E-state index contributed by atoms with van der Waals surface area (Å²) in [6, 6.07) is 3.71. The van der Waals surface area contributed by atoms with Crippen LogP contribution in [-0.4, -0.2) is 5.11 Å². The summed E-state index contributed by atoms with van der Waals surface area (Å²) < 4.78 is 26.2. The van der Waals surface area contributed by atoms with Crippen LogP contribution in [0.15, 0.2) is 18.2 Å². The summed E-state index contributed by atoms with van der Waals surface area (Å²) in [5, 5.41) is 10.7. The van der Waals surface area contributed by atoms with Crippen molar-refractivity contribution < 1.29 is 13.9 Å². The van der Waals surface area contributed by atoms with E-state index in [2.05, 4.69) is 6.92 Å². The molecule has 0 bridgehead atoms. The molecule has 0 amide bonds. The molecule has 2 rings (SSSR count). The second-order valence-electron chi connectivity index (χ2n) is 5.34. The minimum absolute atomic E-state index is 0.0727. The molecule has 3 heteroatoms. The van der Waals surface area contributed by atoms with Crippen LogP contribution >= 0.6 is 0 Å². The Hall–Kier alpha value is -0.960. The number of benzene rings is 1. The molecule has 3 atom stereocenters. The van der Waals surface area contributed by atoms with Crippen LogP contribution in [0, 0.1) is 23.5 Å². The van der Waals surface area contributed by atoms with Gasteiger partial charge in [-0.1, -0.05) is 26.3 Å². The monoisotopic (exact) mass is 240 g/mol. The normalized spacial score (nSPS) is 33.7. The van der Waals surface area contributed by atoms with Crippen LogP contribution in [0.1, 0.15) is 38.7 Å². The van der Waals surface area contributed by atoms with E-state index < -0.39 is 17.2 Å². The van der Waals surface area contributed by atoms with E-state index in [0.717, 1.165) is 25.0 Å². The maximum absolute atomic E-state index is 13.2.